The molecule has 0 aromatic heterocycles. The van der Waals surface area contributed by atoms with Crippen LogP contribution in [-0.4, -0.2) is 55.8 Å². The highest BCUT2D eigenvalue weighted by Crippen LogP contribution is 2.28. The number of anilines is 1. The number of aliphatic hydroxyl groups excluding tert-OH is 1. The second-order valence-corrected chi connectivity index (χ2v) is 6.56. The average Bonchev–Trinajstić information content (AvgIpc) is 2.61. The van der Waals surface area contributed by atoms with Crippen molar-refractivity contribution >= 4 is 23.2 Å². The molecule has 24 heavy (non-hydrogen) atoms. The predicted octanol–water partition coefficient (Wildman–Crippen LogP) is 1.75. The van der Waals surface area contributed by atoms with Crippen LogP contribution < -0.4 is 15.8 Å². The first-order chi connectivity index (χ1) is 11.5. The molecule has 1 fully saturated rings. The molecule has 2 rings (SSSR count). The van der Waals surface area contributed by atoms with Crippen molar-refractivity contribution in [2.75, 3.05) is 45.6 Å². The number of halogens is 1. The third kappa shape index (κ3) is 5.00. The molecule has 134 valence electrons. The lowest BCUT2D eigenvalue weighted by Crippen LogP contribution is -2.36. The molecule has 6 nitrogen and oxygen atoms in total. The topological polar surface area (TPSA) is 87.8 Å². The Bertz CT molecular complexity index is 560. The van der Waals surface area contributed by atoms with Gasteiger partial charge in [-0.3, -0.25) is 4.79 Å². The maximum atomic E-state index is 12.3. The van der Waals surface area contributed by atoms with E-state index >= 15 is 0 Å². The summed E-state index contributed by atoms with van der Waals surface area (Å²) >= 11 is 5.99. The normalized spacial score (nSPS) is 16.1. The quantitative estimate of drug-likeness (QED) is 0.512. The summed E-state index contributed by atoms with van der Waals surface area (Å²) < 4.78 is 5.20. The molecule has 0 radical (unpaired) electrons. The van der Waals surface area contributed by atoms with Gasteiger partial charge in [0.15, 0.2) is 0 Å². The second-order valence-electron chi connectivity index (χ2n) is 6.15. The molecule has 0 unspecified atom stereocenters. The van der Waals surface area contributed by atoms with Gasteiger partial charge in [0.2, 0.25) is 0 Å². The Hall–Kier alpha value is -1.50. The van der Waals surface area contributed by atoms with Gasteiger partial charge in [-0.05, 0) is 50.9 Å². The minimum atomic E-state index is -0.215. The molecule has 1 heterocycles. The van der Waals surface area contributed by atoms with E-state index in [0.717, 1.165) is 38.9 Å². The zero-order valence-electron chi connectivity index (χ0n) is 14.1. The van der Waals surface area contributed by atoms with E-state index in [-0.39, 0.29) is 12.5 Å². The van der Waals surface area contributed by atoms with Crippen molar-refractivity contribution in [2.24, 2.45) is 5.92 Å². The molecule has 0 aliphatic carbocycles. The van der Waals surface area contributed by atoms with E-state index < -0.39 is 0 Å². The number of hydrogen-bond acceptors (Lipinski definition) is 5. The third-order valence-electron chi connectivity index (χ3n) is 4.47. The van der Waals surface area contributed by atoms with Crippen LogP contribution in [0.4, 0.5) is 5.69 Å². The molecule has 1 amide bonds. The van der Waals surface area contributed by atoms with Gasteiger partial charge in [-0.1, -0.05) is 11.6 Å². The number of piperidine rings is 1. The third-order valence-corrected chi connectivity index (χ3v) is 4.79. The maximum Gasteiger partial charge on any atom is 0.255 e. The average molecular weight is 356 g/mol. The lowest BCUT2D eigenvalue weighted by Gasteiger charge is -2.30. The standard InChI is InChI=1S/C17H26ClN3O3/c1-24-16-10-15(19)14(18)9-13(16)17(23)20-5-2-6-21-7-3-12(11-22)4-8-21/h9-10,12,22H,2-8,11,19H2,1H3,(H,20,23). The van der Waals surface area contributed by atoms with Crippen molar-refractivity contribution in [3.8, 4) is 5.75 Å². The SMILES string of the molecule is COc1cc(N)c(Cl)cc1C(=O)NCCCN1CCC(CO)CC1. The fourth-order valence-corrected chi connectivity index (χ4v) is 3.07. The molecule has 1 aliphatic heterocycles. The molecular formula is C17H26ClN3O3. The number of ether oxygens (including phenoxy) is 1. The van der Waals surface area contributed by atoms with E-state index in [1.54, 1.807) is 6.07 Å². The van der Waals surface area contributed by atoms with Gasteiger partial charge in [-0.15, -0.1) is 0 Å². The number of nitrogens with one attached hydrogen (secondary N) is 1. The van der Waals surface area contributed by atoms with Crippen LogP contribution in [0.1, 0.15) is 29.6 Å². The number of amides is 1. The Balaban J connectivity index is 1.77. The molecule has 1 saturated heterocycles. The molecule has 0 atom stereocenters. The Kier molecular flexibility index (Phi) is 7.15. The fraction of sp³-hybridized carbons (Fsp3) is 0.588. The van der Waals surface area contributed by atoms with E-state index in [1.165, 1.54) is 13.2 Å². The van der Waals surface area contributed by atoms with Crippen LogP contribution in [0.3, 0.4) is 0 Å². The van der Waals surface area contributed by atoms with E-state index in [9.17, 15) is 4.79 Å². The fourth-order valence-electron chi connectivity index (χ4n) is 2.91. The van der Waals surface area contributed by atoms with Crippen molar-refractivity contribution in [1.29, 1.82) is 0 Å². The highest BCUT2D eigenvalue weighted by atomic mass is 35.5. The number of benzene rings is 1. The molecule has 7 heteroatoms. The summed E-state index contributed by atoms with van der Waals surface area (Å²) in [4.78, 5) is 14.7. The molecule has 4 N–H and O–H groups in total. The first-order valence-corrected chi connectivity index (χ1v) is 8.67. The zero-order chi connectivity index (χ0) is 17.5. The summed E-state index contributed by atoms with van der Waals surface area (Å²) in [5.41, 5.74) is 6.50. The zero-order valence-corrected chi connectivity index (χ0v) is 14.8. The number of rotatable bonds is 7. The number of likely N-dealkylation sites (tertiary alicyclic amines) is 1. The van der Waals surface area contributed by atoms with Crippen molar-refractivity contribution in [1.82, 2.24) is 10.2 Å². The second kappa shape index (κ2) is 9.11. The largest absolute Gasteiger partial charge is 0.496 e. The molecular weight excluding hydrogens is 330 g/mol. The number of carbonyl (C=O) groups excluding carboxylic acids is 1. The Morgan fingerprint density at radius 2 is 2.17 bits per heavy atom. The molecule has 1 aromatic carbocycles. The monoisotopic (exact) mass is 355 g/mol. The highest BCUT2D eigenvalue weighted by molar-refractivity contribution is 6.33. The van der Waals surface area contributed by atoms with Crippen LogP contribution in [-0.2, 0) is 0 Å². The first kappa shape index (κ1) is 18.8. The van der Waals surface area contributed by atoms with E-state index in [2.05, 4.69) is 10.2 Å². The summed E-state index contributed by atoms with van der Waals surface area (Å²) in [7, 11) is 1.50. The van der Waals surface area contributed by atoms with Crippen molar-refractivity contribution in [3.05, 3.63) is 22.7 Å². The summed E-state index contributed by atoms with van der Waals surface area (Å²) in [6, 6.07) is 3.09. The minimum absolute atomic E-state index is 0.215. The maximum absolute atomic E-state index is 12.3. The summed E-state index contributed by atoms with van der Waals surface area (Å²) in [6.07, 6.45) is 2.97. The Morgan fingerprint density at radius 3 is 2.79 bits per heavy atom. The van der Waals surface area contributed by atoms with Crippen LogP contribution in [0, 0.1) is 5.92 Å². The van der Waals surface area contributed by atoms with Gasteiger partial charge in [-0.25, -0.2) is 0 Å². The Labute approximate surface area is 147 Å². The molecule has 0 bridgehead atoms. The van der Waals surface area contributed by atoms with Crippen LogP contribution in [0.15, 0.2) is 12.1 Å². The van der Waals surface area contributed by atoms with Crippen molar-refractivity contribution in [2.45, 2.75) is 19.3 Å². The smallest absolute Gasteiger partial charge is 0.255 e. The number of carbonyl (C=O) groups is 1. The van der Waals surface area contributed by atoms with Crippen LogP contribution >= 0.6 is 11.6 Å². The van der Waals surface area contributed by atoms with Crippen molar-refractivity contribution < 1.29 is 14.6 Å². The van der Waals surface area contributed by atoms with Crippen LogP contribution in [0.25, 0.3) is 0 Å². The van der Waals surface area contributed by atoms with Gasteiger partial charge < -0.3 is 25.8 Å². The summed E-state index contributed by atoms with van der Waals surface area (Å²) in [6.45, 7) is 3.85. The lowest BCUT2D eigenvalue weighted by atomic mass is 9.98. The lowest BCUT2D eigenvalue weighted by molar-refractivity contribution is 0.0945. The number of aliphatic hydroxyl groups is 1. The number of nitrogens with two attached hydrogens (primary N) is 1. The summed E-state index contributed by atoms with van der Waals surface area (Å²) in [5.74, 6) is 0.650. The van der Waals surface area contributed by atoms with E-state index in [4.69, 9.17) is 27.2 Å². The van der Waals surface area contributed by atoms with Gasteiger partial charge in [0.05, 0.1) is 23.4 Å². The number of nitrogens with zero attached hydrogens (tertiary/aromatic N) is 1. The number of methoxy groups -OCH3 is 1. The number of hydrogen-bond donors (Lipinski definition) is 3. The van der Waals surface area contributed by atoms with Gasteiger partial charge in [0, 0.05) is 19.2 Å². The molecule has 0 spiro atoms. The molecule has 1 aliphatic rings. The first-order valence-electron chi connectivity index (χ1n) is 8.29. The highest BCUT2D eigenvalue weighted by Gasteiger charge is 2.18. The predicted molar refractivity (Wildman–Crippen MR) is 95.6 cm³/mol. The van der Waals surface area contributed by atoms with E-state index in [1.807, 2.05) is 0 Å². The van der Waals surface area contributed by atoms with Gasteiger partial charge in [0.25, 0.3) is 5.91 Å². The summed E-state index contributed by atoms with van der Waals surface area (Å²) in [5, 5.41) is 12.4. The van der Waals surface area contributed by atoms with E-state index in [0.29, 0.717) is 34.5 Å². The molecule has 1 aromatic rings. The number of nitrogen functional groups attached to an aromatic ring is 1. The minimum Gasteiger partial charge on any atom is -0.496 e. The molecule has 0 saturated carbocycles. The van der Waals surface area contributed by atoms with Crippen LogP contribution in [0.5, 0.6) is 5.75 Å². The van der Waals surface area contributed by atoms with Gasteiger partial charge in [-0.2, -0.15) is 0 Å². The van der Waals surface area contributed by atoms with Crippen molar-refractivity contribution in [3.63, 3.8) is 0 Å². The van der Waals surface area contributed by atoms with Gasteiger partial charge >= 0.3 is 0 Å². The Morgan fingerprint density at radius 1 is 1.46 bits per heavy atom. The van der Waals surface area contributed by atoms with Gasteiger partial charge in [0.1, 0.15) is 5.75 Å². The van der Waals surface area contributed by atoms with Crippen LogP contribution in [0.2, 0.25) is 5.02 Å².